The van der Waals surface area contributed by atoms with E-state index < -0.39 is 0 Å². The lowest BCUT2D eigenvalue weighted by molar-refractivity contribution is -0.114. The van der Waals surface area contributed by atoms with Crippen LogP contribution in [0.5, 0.6) is 5.75 Å². The highest BCUT2D eigenvalue weighted by atomic mass is 16.5. The minimum atomic E-state index is -0.185. The molecule has 2 aromatic carbocycles. The third kappa shape index (κ3) is 8.13. The molecule has 0 atom stereocenters. The van der Waals surface area contributed by atoms with Gasteiger partial charge in [-0.3, -0.25) is 9.59 Å². The van der Waals surface area contributed by atoms with Crippen LogP contribution >= 0.6 is 0 Å². The van der Waals surface area contributed by atoms with Crippen molar-refractivity contribution in [2.45, 2.75) is 20.3 Å². The average Bonchev–Trinajstić information content (AvgIpc) is 2.75. The van der Waals surface area contributed by atoms with E-state index in [2.05, 4.69) is 29.8 Å². The molecule has 0 aromatic heterocycles. The van der Waals surface area contributed by atoms with Gasteiger partial charge < -0.3 is 25.4 Å². The number of hydrogen-bond acceptors (Lipinski definition) is 5. The first kappa shape index (κ1) is 23.2. The fraction of sp³-hybridized carbons (Fsp3) is 0.391. The average molecular weight is 414 g/mol. The number of hydrogen-bond donors (Lipinski definition) is 3. The third-order valence-electron chi connectivity index (χ3n) is 4.14. The summed E-state index contributed by atoms with van der Waals surface area (Å²) in [6.07, 6.45) is 0.766. The Morgan fingerprint density at radius 2 is 1.77 bits per heavy atom. The Kier molecular flexibility index (Phi) is 9.67. The fourth-order valence-electron chi connectivity index (χ4n) is 2.59. The molecule has 2 amide bonds. The first-order chi connectivity index (χ1) is 14.5. The molecule has 0 saturated carbocycles. The molecule has 0 heterocycles. The predicted octanol–water partition coefficient (Wildman–Crippen LogP) is 3.54. The minimum Gasteiger partial charge on any atom is -0.491 e. The lowest BCUT2D eigenvalue weighted by atomic mass is 10.2. The highest BCUT2D eigenvalue weighted by molar-refractivity contribution is 5.96. The van der Waals surface area contributed by atoms with Gasteiger partial charge in [-0.2, -0.15) is 0 Å². The van der Waals surface area contributed by atoms with Crippen LogP contribution in [0.3, 0.4) is 0 Å². The van der Waals surface area contributed by atoms with E-state index in [1.54, 1.807) is 31.4 Å². The topological polar surface area (TPSA) is 88.7 Å². The van der Waals surface area contributed by atoms with E-state index in [1.807, 2.05) is 24.3 Å². The van der Waals surface area contributed by atoms with Crippen molar-refractivity contribution in [2.24, 2.45) is 5.92 Å². The Bertz CT molecular complexity index is 806. The molecule has 7 heteroatoms. The molecule has 7 nitrogen and oxygen atoms in total. The number of para-hydroxylation sites is 2. The predicted molar refractivity (Wildman–Crippen MR) is 119 cm³/mol. The Morgan fingerprint density at radius 3 is 2.47 bits per heavy atom. The molecule has 162 valence electrons. The highest BCUT2D eigenvalue weighted by Gasteiger charge is 2.09. The van der Waals surface area contributed by atoms with Crippen LogP contribution < -0.4 is 20.7 Å². The van der Waals surface area contributed by atoms with E-state index in [9.17, 15) is 9.59 Å². The zero-order chi connectivity index (χ0) is 21.8. The summed E-state index contributed by atoms with van der Waals surface area (Å²) in [5.41, 5.74) is 1.97. The summed E-state index contributed by atoms with van der Waals surface area (Å²) in [7, 11) is 1.63. The molecule has 0 unspecified atom stereocenters. The van der Waals surface area contributed by atoms with Crippen LogP contribution in [0.2, 0.25) is 0 Å². The first-order valence-electron chi connectivity index (χ1n) is 10.1. The summed E-state index contributed by atoms with van der Waals surface area (Å²) < 4.78 is 10.7. The largest absolute Gasteiger partial charge is 0.491 e. The molecule has 0 radical (unpaired) electrons. The Morgan fingerprint density at radius 1 is 1.03 bits per heavy atom. The Balaban J connectivity index is 1.82. The summed E-state index contributed by atoms with van der Waals surface area (Å²) in [4.78, 5) is 24.4. The Labute approximate surface area is 178 Å². The Hall–Kier alpha value is -3.06. The van der Waals surface area contributed by atoms with Crippen molar-refractivity contribution in [3.8, 4) is 5.75 Å². The maximum atomic E-state index is 12.3. The molecular formula is C23H31N3O4. The quantitative estimate of drug-likeness (QED) is 0.463. The second-order valence-electron chi connectivity index (χ2n) is 7.28. The summed E-state index contributed by atoms with van der Waals surface area (Å²) >= 11 is 0. The monoisotopic (exact) mass is 413 g/mol. The van der Waals surface area contributed by atoms with E-state index in [0.29, 0.717) is 42.7 Å². The van der Waals surface area contributed by atoms with E-state index in [0.717, 1.165) is 12.1 Å². The molecule has 2 aromatic rings. The van der Waals surface area contributed by atoms with Gasteiger partial charge in [0.05, 0.1) is 18.8 Å². The maximum absolute atomic E-state index is 12.3. The van der Waals surface area contributed by atoms with Crippen LogP contribution in [-0.2, 0) is 9.53 Å². The van der Waals surface area contributed by atoms with Gasteiger partial charge in [0, 0.05) is 31.5 Å². The number of amides is 2. The SMILES string of the molecule is COCCCNC(=O)c1ccc(NCC(=O)Nc2ccccc2OCC(C)C)cc1. The molecule has 0 saturated heterocycles. The normalized spacial score (nSPS) is 10.5. The molecule has 0 spiro atoms. The molecule has 0 aliphatic rings. The molecule has 2 rings (SSSR count). The van der Waals surface area contributed by atoms with Gasteiger partial charge in [0.25, 0.3) is 5.91 Å². The second-order valence-corrected chi connectivity index (χ2v) is 7.28. The van der Waals surface area contributed by atoms with Gasteiger partial charge in [-0.25, -0.2) is 0 Å². The van der Waals surface area contributed by atoms with Crippen LogP contribution in [0.25, 0.3) is 0 Å². The number of rotatable bonds is 12. The van der Waals surface area contributed by atoms with Gasteiger partial charge in [0.2, 0.25) is 5.91 Å². The number of anilines is 2. The molecule has 0 aliphatic heterocycles. The van der Waals surface area contributed by atoms with Crippen LogP contribution in [0.4, 0.5) is 11.4 Å². The van der Waals surface area contributed by atoms with Gasteiger partial charge in [0.15, 0.2) is 0 Å². The molecule has 3 N–H and O–H groups in total. The maximum Gasteiger partial charge on any atom is 0.251 e. The molecule has 0 bridgehead atoms. The van der Waals surface area contributed by atoms with Crippen LogP contribution in [0, 0.1) is 5.92 Å². The van der Waals surface area contributed by atoms with E-state index in [4.69, 9.17) is 9.47 Å². The molecule has 0 aliphatic carbocycles. The molecular weight excluding hydrogens is 382 g/mol. The van der Waals surface area contributed by atoms with E-state index in [1.165, 1.54) is 0 Å². The van der Waals surface area contributed by atoms with Gasteiger partial charge in [-0.05, 0) is 48.7 Å². The van der Waals surface area contributed by atoms with Gasteiger partial charge >= 0.3 is 0 Å². The van der Waals surface area contributed by atoms with Gasteiger partial charge in [-0.1, -0.05) is 26.0 Å². The van der Waals surface area contributed by atoms with Gasteiger partial charge in [0.1, 0.15) is 5.75 Å². The zero-order valence-corrected chi connectivity index (χ0v) is 17.9. The second kappa shape index (κ2) is 12.5. The lowest BCUT2D eigenvalue weighted by Crippen LogP contribution is -2.25. The summed E-state index contributed by atoms with van der Waals surface area (Å²) in [6.45, 7) is 6.00. The summed E-state index contributed by atoms with van der Waals surface area (Å²) in [5, 5.41) is 8.76. The standard InChI is InChI=1S/C23H31N3O4/c1-17(2)16-30-21-8-5-4-7-20(21)26-22(27)15-25-19-11-9-18(10-12-19)23(28)24-13-6-14-29-3/h4-5,7-12,17,25H,6,13-16H2,1-3H3,(H,24,28)(H,26,27). The number of methoxy groups -OCH3 is 1. The third-order valence-corrected chi connectivity index (χ3v) is 4.14. The van der Waals surface area contributed by atoms with E-state index in [-0.39, 0.29) is 18.4 Å². The minimum absolute atomic E-state index is 0.0983. The zero-order valence-electron chi connectivity index (χ0n) is 17.9. The van der Waals surface area contributed by atoms with Crippen LogP contribution in [0.15, 0.2) is 48.5 Å². The number of nitrogens with one attached hydrogen (secondary N) is 3. The van der Waals surface area contributed by atoms with Crippen molar-refractivity contribution in [3.05, 3.63) is 54.1 Å². The van der Waals surface area contributed by atoms with Crippen molar-refractivity contribution < 1.29 is 19.1 Å². The van der Waals surface area contributed by atoms with Crippen molar-refractivity contribution in [1.29, 1.82) is 0 Å². The van der Waals surface area contributed by atoms with E-state index >= 15 is 0 Å². The van der Waals surface area contributed by atoms with Crippen LogP contribution in [0.1, 0.15) is 30.6 Å². The molecule has 30 heavy (non-hydrogen) atoms. The number of benzene rings is 2. The number of ether oxygens (including phenoxy) is 2. The van der Waals surface area contributed by atoms with Crippen molar-refractivity contribution in [2.75, 3.05) is 44.0 Å². The summed E-state index contributed by atoms with van der Waals surface area (Å²) in [6, 6.07) is 14.4. The number of carbonyl (C=O) groups is 2. The highest BCUT2D eigenvalue weighted by Crippen LogP contribution is 2.24. The van der Waals surface area contributed by atoms with Crippen molar-refractivity contribution in [3.63, 3.8) is 0 Å². The summed E-state index contributed by atoms with van der Waals surface area (Å²) in [5.74, 6) is 0.732. The van der Waals surface area contributed by atoms with Gasteiger partial charge in [-0.15, -0.1) is 0 Å². The van der Waals surface area contributed by atoms with Crippen molar-refractivity contribution in [1.82, 2.24) is 5.32 Å². The van der Waals surface area contributed by atoms with Crippen LogP contribution in [-0.4, -0.2) is 45.2 Å². The molecule has 0 fully saturated rings. The van der Waals surface area contributed by atoms with Crippen molar-refractivity contribution >= 4 is 23.2 Å². The number of carbonyl (C=O) groups excluding carboxylic acids is 2. The first-order valence-corrected chi connectivity index (χ1v) is 10.1. The lowest BCUT2D eigenvalue weighted by Gasteiger charge is -2.14. The fourth-order valence-corrected chi connectivity index (χ4v) is 2.59. The smallest absolute Gasteiger partial charge is 0.251 e.